The molecule has 94 valence electrons. The van der Waals surface area contributed by atoms with E-state index in [2.05, 4.69) is 11.7 Å². The summed E-state index contributed by atoms with van der Waals surface area (Å²) in [4.78, 5) is 12.2. The summed E-state index contributed by atoms with van der Waals surface area (Å²) < 4.78 is 6.77. The van der Waals surface area contributed by atoms with Crippen LogP contribution in [-0.4, -0.2) is 28.7 Å². The van der Waals surface area contributed by atoms with Crippen LogP contribution in [-0.2, 0) is 0 Å². The molecule has 1 aromatic heterocycles. The predicted octanol–water partition coefficient (Wildman–Crippen LogP) is 1.56. The molecule has 0 aliphatic rings. The number of nitrogens with two attached hydrogens (primary N) is 1. The van der Waals surface area contributed by atoms with E-state index in [0.29, 0.717) is 17.9 Å². The minimum atomic E-state index is -0.601. The standard InChI is InChI=1S/C12H19N3O2/c1-5-6-9(13)12(16)11-10(17-4)7-14-15(11)8(2)3/h5,7-9H,1,6,13H2,2-4H3. The highest BCUT2D eigenvalue weighted by Gasteiger charge is 2.24. The first-order chi connectivity index (χ1) is 8.02. The van der Waals surface area contributed by atoms with Gasteiger partial charge in [0.05, 0.1) is 19.3 Å². The number of ketones is 1. The predicted molar refractivity (Wildman–Crippen MR) is 66.3 cm³/mol. The van der Waals surface area contributed by atoms with E-state index in [-0.39, 0.29) is 11.8 Å². The van der Waals surface area contributed by atoms with Gasteiger partial charge < -0.3 is 10.5 Å². The number of methoxy groups -OCH3 is 1. The molecule has 1 heterocycles. The molecule has 0 aromatic carbocycles. The van der Waals surface area contributed by atoms with Gasteiger partial charge in [0, 0.05) is 6.04 Å². The van der Waals surface area contributed by atoms with E-state index >= 15 is 0 Å². The van der Waals surface area contributed by atoms with Crippen molar-refractivity contribution in [2.75, 3.05) is 7.11 Å². The molecule has 0 fully saturated rings. The van der Waals surface area contributed by atoms with Crippen LogP contribution in [0.3, 0.4) is 0 Å². The van der Waals surface area contributed by atoms with E-state index in [1.165, 1.54) is 13.3 Å². The molecule has 5 nitrogen and oxygen atoms in total. The molecule has 0 aliphatic heterocycles. The van der Waals surface area contributed by atoms with Crippen LogP contribution in [0.2, 0.25) is 0 Å². The molecule has 0 saturated carbocycles. The van der Waals surface area contributed by atoms with Crippen molar-refractivity contribution < 1.29 is 9.53 Å². The monoisotopic (exact) mass is 237 g/mol. The molecule has 1 atom stereocenters. The molecule has 0 saturated heterocycles. The quantitative estimate of drug-likeness (QED) is 0.602. The number of aromatic nitrogens is 2. The molecular formula is C12H19N3O2. The number of carbonyl (C=O) groups excluding carboxylic acids is 1. The lowest BCUT2D eigenvalue weighted by atomic mass is 10.1. The highest BCUT2D eigenvalue weighted by atomic mass is 16.5. The van der Waals surface area contributed by atoms with Crippen molar-refractivity contribution in [1.82, 2.24) is 9.78 Å². The summed E-state index contributed by atoms with van der Waals surface area (Å²) in [5, 5.41) is 4.14. The molecule has 17 heavy (non-hydrogen) atoms. The smallest absolute Gasteiger partial charge is 0.201 e. The molecule has 1 unspecified atom stereocenters. The minimum absolute atomic E-state index is 0.0776. The lowest BCUT2D eigenvalue weighted by Gasteiger charge is -2.14. The van der Waals surface area contributed by atoms with E-state index in [1.54, 1.807) is 10.8 Å². The molecular weight excluding hydrogens is 218 g/mol. The molecule has 1 aromatic rings. The summed E-state index contributed by atoms with van der Waals surface area (Å²) in [5.41, 5.74) is 6.22. The van der Waals surface area contributed by atoms with E-state index < -0.39 is 6.04 Å². The van der Waals surface area contributed by atoms with Crippen molar-refractivity contribution in [3.8, 4) is 5.75 Å². The second-order valence-electron chi connectivity index (χ2n) is 4.09. The van der Waals surface area contributed by atoms with Gasteiger partial charge in [-0.05, 0) is 20.3 Å². The van der Waals surface area contributed by atoms with Crippen LogP contribution < -0.4 is 10.5 Å². The van der Waals surface area contributed by atoms with Crippen molar-refractivity contribution in [3.05, 3.63) is 24.5 Å². The fourth-order valence-electron chi connectivity index (χ4n) is 1.58. The second kappa shape index (κ2) is 5.63. The van der Waals surface area contributed by atoms with E-state index in [1.807, 2.05) is 13.8 Å². The Hall–Kier alpha value is -1.62. The maximum Gasteiger partial charge on any atom is 0.201 e. The Balaban J connectivity index is 3.13. The number of Topliss-reactive ketones (excluding diaryl/α,β-unsaturated/α-hetero) is 1. The fourth-order valence-corrected chi connectivity index (χ4v) is 1.58. The first kappa shape index (κ1) is 13.4. The van der Waals surface area contributed by atoms with Gasteiger partial charge in [-0.15, -0.1) is 6.58 Å². The third kappa shape index (κ3) is 2.74. The molecule has 5 heteroatoms. The highest BCUT2D eigenvalue weighted by Crippen LogP contribution is 2.22. The van der Waals surface area contributed by atoms with Crippen LogP contribution in [0, 0.1) is 0 Å². The first-order valence-electron chi connectivity index (χ1n) is 5.55. The molecule has 1 rings (SSSR count). The van der Waals surface area contributed by atoms with Crippen LogP contribution in [0.25, 0.3) is 0 Å². The van der Waals surface area contributed by atoms with Crippen LogP contribution >= 0.6 is 0 Å². The van der Waals surface area contributed by atoms with Gasteiger partial charge in [-0.25, -0.2) is 0 Å². The average Bonchev–Trinajstić information content (AvgIpc) is 2.71. The second-order valence-corrected chi connectivity index (χ2v) is 4.09. The van der Waals surface area contributed by atoms with E-state index in [9.17, 15) is 4.79 Å². The summed E-state index contributed by atoms with van der Waals surface area (Å²) in [5.74, 6) is 0.288. The first-order valence-corrected chi connectivity index (χ1v) is 5.55. The highest BCUT2D eigenvalue weighted by molar-refractivity contribution is 6.00. The largest absolute Gasteiger partial charge is 0.493 e. The van der Waals surface area contributed by atoms with Gasteiger partial charge in [0.25, 0.3) is 0 Å². The third-order valence-corrected chi connectivity index (χ3v) is 2.46. The van der Waals surface area contributed by atoms with Gasteiger partial charge in [-0.2, -0.15) is 5.10 Å². The van der Waals surface area contributed by atoms with Gasteiger partial charge in [0.1, 0.15) is 5.69 Å². The van der Waals surface area contributed by atoms with Crippen molar-refractivity contribution in [3.63, 3.8) is 0 Å². The van der Waals surface area contributed by atoms with Gasteiger partial charge >= 0.3 is 0 Å². The minimum Gasteiger partial charge on any atom is -0.493 e. The summed E-state index contributed by atoms with van der Waals surface area (Å²) in [6.07, 6.45) is 3.60. The summed E-state index contributed by atoms with van der Waals surface area (Å²) >= 11 is 0. The maximum atomic E-state index is 12.2. The van der Waals surface area contributed by atoms with Crippen LogP contribution in [0.5, 0.6) is 5.75 Å². The topological polar surface area (TPSA) is 70.1 Å². The number of ether oxygens (including phenoxy) is 1. The van der Waals surface area contributed by atoms with Crippen molar-refractivity contribution >= 4 is 5.78 Å². The van der Waals surface area contributed by atoms with Crippen LogP contribution in [0.1, 0.15) is 36.8 Å². The number of carbonyl (C=O) groups is 1. The van der Waals surface area contributed by atoms with Crippen molar-refractivity contribution in [2.24, 2.45) is 5.73 Å². The molecule has 0 radical (unpaired) electrons. The SMILES string of the molecule is C=CCC(N)C(=O)c1c(OC)cnn1C(C)C. The molecule has 0 aliphatic carbocycles. The van der Waals surface area contributed by atoms with E-state index in [4.69, 9.17) is 10.5 Å². The third-order valence-electron chi connectivity index (χ3n) is 2.46. The summed E-state index contributed by atoms with van der Waals surface area (Å²) in [6, 6.07) is -0.524. The zero-order chi connectivity index (χ0) is 13.0. The lowest BCUT2D eigenvalue weighted by Crippen LogP contribution is -2.32. The molecule has 0 amide bonds. The zero-order valence-electron chi connectivity index (χ0n) is 10.5. The zero-order valence-corrected chi connectivity index (χ0v) is 10.5. The molecule has 2 N–H and O–H groups in total. The average molecular weight is 237 g/mol. The molecule has 0 bridgehead atoms. The van der Waals surface area contributed by atoms with Gasteiger partial charge in [-0.3, -0.25) is 9.48 Å². The maximum absolute atomic E-state index is 12.2. The Bertz CT molecular complexity index is 410. The fraction of sp³-hybridized carbons (Fsp3) is 0.500. The Morgan fingerprint density at radius 3 is 2.82 bits per heavy atom. The Morgan fingerprint density at radius 1 is 1.71 bits per heavy atom. The van der Waals surface area contributed by atoms with Crippen molar-refractivity contribution in [1.29, 1.82) is 0 Å². The van der Waals surface area contributed by atoms with Crippen molar-refractivity contribution in [2.45, 2.75) is 32.4 Å². The van der Waals surface area contributed by atoms with Gasteiger partial charge in [0.2, 0.25) is 5.78 Å². The normalized spacial score (nSPS) is 12.5. The van der Waals surface area contributed by atoms with Gasteiger partial charge in [0.15, 0.2) is 5.75 Å². The van der Waals surface area contributed by atoms with Crippen LogP contribution in [0.15, 0.2) is 18.9 Å². The molecule has 0 spiro atoms. The van der Waals surface area contributed by atoms with Gasteiger partial charge in [-0.1, -0.05) is 6.08 Å². The van der Waals surface area contributed by atoms with Crippen LogP contribution in [0.4, 0.5) is 0 Å². The number of rotatable bonds is 6. The van der Waals surface area contributed by atoms with E-state index in [0.717, 1.165) is 0 Å². The Kier molecular flexibility index (Phi) is 4.45. The summed E-state index contributed by atoms with van der Waals surface area (Å²) in [7, 11) is 1.51. The number of nitrogens with zero attached hydrogens (tertiary/aromatic N) is 2. The number of hydrogen-bond acceptors (Lipinski definition) is 4. The number of hydrogen-bond donors (Lipinski definition) is 1. The Labute approximate surface area is 101 Å². The lowest BCUT2D eigenvalue weighted by molar-refractivity contribution is 0.0946. The summed E-state index contributed by atoms with van der Waals surface area (Å²) in [6.45, 7) is 7.47. The Morgan fingerprint density at radius 2 is 2.35 bits per heavy atom.